The molecule has 0 aromatic rings. The zero-order chi connectivity index (χ0) is 38.8. The molecule has 5 amide bonds. The Hall–Kier alpha value is -3.99. The number of ether oxygens (including phenoxy) is 4. The van der Waals surface area contributed by atoms with Crippen LogP contribution in [0.2, 0.25) is 0 Å². The highest BCUT2D eigenvalue weighted by atomic mass is 16.5. The number of carbonyl (C=O) groups excluding carboxylic acids is 5. The number of hydrazine groups is 1. The maximum absolute atomic E-state index is 12.2. The van der Waals surface area contributed by atoms with E-state index in [4.69, 9.17) is 35.6 Å². The number of amides is 5. The maximum atomic E-state index is 12.2. The molecule has 21 heteroatoms. The first-order valence-corrected chi connectivity index (χ1v) is 17.3. The topological polar surface area (TPSA) is 321 Å². The Morgan fingerprint density at radius 2 is 0.981 bits per heavy atom. The van der Waals surface area contributed by atoms with Crippen LogP contribution in [0.1, 0.15) is 57.8 Å². The van der Waals surface area contributed by atoms with Gasteiger partial charge < -0.3 is 61.5 Å². The van der Waals surface area contributed by atoms with Crippen LogP contribution in [-0.4, -0.2) is 149 Å². The summed E-state index contributed by atoms with van der Waals surface area (Å²) < 4.78 is 21.1. The molecule has 0 heterocycles. The Morgan fingerprint density at radius 1 is 0.500 bits per heavy atom. The van der Waals surface area contributed by atoms with E-state index in [1.807, 2.05) is 0 Å². The minimum atomic E-state index is -1.28. The molecule has 0 spiro atoms. The van der Waals surface area contributed by atoms with E-state index in [2.05, 4.69) is 32.0 Å². The molecule has 2 unspecified atom stereocenters. The molecule has 12 N–H and O–H groups in total. The predicted octanol–water partition coefficient (Wildman–Crippen LogP) is -3.53. The molecule has 0 radical (unpaired) electrons. The predicted molar refractivity (Wildman–Crippen MR) is 184 cm³/mol. The number of carboxylic acid groups (broad SMARTS) is 2. The zero-order valence-corrected chi connectivity index (χ0v) is 29.8. The molecule has 0 saturated carbocycles. The Kier molecular flexibility index (Phi) is 30.4. The number of hydrogen-bond acceptors (Lipinski definition) is 14. The van der Waals surface area contributed by atoms with Gasteiger partial charge in [-0.25, -0.2) is 10.2 Å². The van der Waals surface area contributed by atoms with Crippen LogP contribution in [0, 0.1) is 0 Å². The SMILES string of the molecule is NCCCC(=O)NCCOCCOCC(=O)NCCOCCOCC(=O)NCCCC(=O)NC(CCC(=O)NCCCCC(NN)C(=O)O)C(=O)O. The van der Waals surface area contributed by atoms with Crippen molar-refractivity contribution in [2.45, 2.75) is 69.9 Å². The standard InChI is InChI=1S/C31H58N8O13/c32-10-3-6-25(40)36-13-15-49-17-20-52-22-29(44)37-14-16-50-18-19-51-21-28(43)35-12-4-7-27(42)38-23(30(45)46)8-9-26(41)34-11-2-1-5-24(39-33)31(47)48/h23-24,39H,1-22,32-33H2,(H,34,41)(H,35,43)(H,36,40)(H,37,44)(H,38,42)(H,45,46)(H,47,48). The first-order valence-electron chi connectivity index (χ1n) is 17.3. The van der Waals surface area contributed by atoms with Gasteiger partial charge in [-0.15, -0.1) is 0 Å². The lowest BCUT2D eigenvalue weighted by atomic mass is 10.1. The van der Waals surface area contributed by atoms with Gasteiger partial charge in [0, 0.05) is 45.4 Å². The molecule has 0 aliphatic rings. The van der Waals surface area contributed by atoms with Gasteiger partial charge in [0.15, 0.2) is 0 Å². The van der Waals surface area contributed by atoms with Crippen molar-refractivity contribution in [1.29, 1.82) is 0 Å². The lowest BCUT2D eigenvalue weighted by Crippen LogP contribution is -2.42. The Balaban J connectivity index is 3.76. The second-order valence-corrected chi connectivity index (χ2v) is 11.3. The van der Waals surface area contributed by atoms with Gasteiger partial charge >= 0.3 is 11.9 Å². The lowest BCUT2D eigenvalue weighted by molar-refractivity contribution is -0.142. The zero-order valence-electron chi connectivity index (χ0n) is 29.8. The fourth-order valence-corrected chi connectivity index (χ4v) is 4.09. The van der Waals surface area contributed by atoms with Gasteiger partial charge in [-0.05, 0) is 45.1 Å². The van der Waals surface area contributed by atoms with Crippen molar-refractivity contribution >= 4 is 41.5 Å². The number of hydrogen-bond donors (Lipinski definition) is 10. The van der Waals surface area contributed by atoms with E-state index in [-0.39, 0.29) is 110 Å². The van der Waals surface area contributed by atoms with Gasteiger partial charge in [-0.2, -0.15) is 0 Å². The normalized spacial score (nSPS) is 12.0. The van der Waals surface area contributed by atoms with Gasteiger partial charge in [0.05, 0.1) is 39.6 Å². The van der Waals surface area contributed by atoms with Crippen LogP contribution in [0.25, 0.3) is 0 Å². The highest BCUT2D eigenvalue weighted by Crippen LogP contribution is 2.02. The number of unbranched alkanes of at least 4 members (excludes halogenated alkanes) is 1. The Labute approximate surface area is 303 Å². The van der Waals surface area contributed by atoms with E-state index in [0.717, 1.165) is 0 Å². The van der Waals surface area contributed by atoms with Gasteiger partial charge in [-0.1, -0.05) is 0 Å². The van der Waals surface area contributed by atoms with Crippen molar-refractivity contribution in [3.63, 3.8) is 0 Å². The van der Waals surface area contributed by atoms with Gasteiger partial charge in [0.2, 0.25) is 29.5 Å². The third kappa shape index (κ3) is 29.7. The first kappa shape index (κ1) is 48.0. The third-order valence-electron chi connectivity index (χ3n) is 6.89. The minimum absolute atomic E-state index is 0.0461. The monoisotopic (exact) mass is 750 g/mol. The van der Waals surface area contributed by atoms with Gasteiger partial charge in [0.25, 0.3) is 0 Å². The van der Waals surface area contributed by atoms with E-state index in [9.17, 15) is 38.7 Å². The van der Waals surface area contributed by atoms with Crippen LogP contribution in [0.4, 0.5) is 0 Å². The van der Waals surface area contributed by atoms with E-state index in [1.165, 1.54) is 0 Å². The molecule has 0 aromatic carbocycles. The van der Waals surface area contributed by atoms with E-state index >= 15 is 0 Å². The molecule has 52 heavy (non-hydrogen) atoms. The van der Waals surface area contributed by atoms with Crippen molar-refractivity contribution in [3.05, 3.63) is 0 Å². The summed E-state index contributed by atoms with van der Waals surface area (Å²) in [4.78, 5) is 81.7. The Morgan fingerprint density at radius 3 is 1.54 bits per heavy atom. The number of nitrogens with one attached hydrogen (secondary N) is 6. The van der Waals surface area contributed by atoms with Crippen molar-refractivity contribution in [2.75, 3.05) is 85.6 Å². The molecule has 0 fully saturated rings. The van der Waals surface area contributed by atoms with E-state index < -0.39 is 41.7 Å². The van der Waals surface area contributed by atoms with Crippen LogP contribution in [0.15, 0.2) is 0 Å². The minimum Gasteiger partial charge on any atom is -0.480 e. The van der Waals surface area contributed by atoms with Crippen LogP contribution < -0.4 is 43.6 Å². The summed E-state index contributed by atoms with van der Waals surface area (Å²) in [7, 11) is 0. The Bertz CT molecular complexity index is 1050. The summed E-state index contributed by atoms with van der Waals surface area (Å²) in [5, 5.41) is 31.2. The fraction of sp³-hybridized carbons (Fsp3) is 0.774. The smallest absolute Gasteiger partial charge is 0.326 e. The number of nitrogens with two attached hydrogens (primary N) is 2. The summed E-state index contributed by atoms with van der Waals surface area (Å²) in [6.45, 7) is 2.58. The summed E-state index contributed by atoms with van der Waals surface area (Å²) in [6, 6.07) is -2.14. The quantitative estimate of drug-likeness (QED) is 0.0170. The fourth-order valence-electron chi connectivity index (χ4n) is 4.09. The van der Waals surface area contributed by atoms with Crippen LogP contribution in [-0.2, 0) is 52.5 Å². The van der Waals surface area contributed by atoms with Gasteiger partial charge in [0.1, 0.15) is 25.3 Å². The lowest BCUT2D eigenvalue weighted by Gasteiger charge is -2.15. The third-order valence-corrected chi connectivity index (χ3v) is 6.89. The molecular formula is C31H58N8O13. The van der Waals surface area contributed by atoms with Crippen LogP contribution >= 0.6 is 0 Å². The maximum Gasteiger partial charge on any atom is 0.326 e. The van der Waals surface area contributed by atoms with Crippen molar-refractivity contribution in [2.24, 2.45) is 11.6 Å². The largest absolute Gasteiger partial charge is 0.480 e. The molecule has 0 aromatic heterocycles. The number of carbonyl (C=O) groups is 7. The first-order chi connectivity index (χ1) is 25.0. The summed E-state index contributed by atoms with van der Waals surface area (Å²) in [6.07, 6.45) is 2.26. The summed E-state index contributed by atoms with van der Waals surface area (Å²) >= 11 is 0. The van der Waals surface area contributed by atoms with Crippen molar-refractivity contribution < 1.29 is 62.7 Å². The number of carboxylic acids is 2. The van der Waals surface area contributed by atoms with Crippen LogP contribution in [0.5, 0.6) is 0 Å². The average molecular weight is 751 g/mol. The number of aliphatic carboxylic acids is 2. The number of rotatable bonds is 35. The van der Waals surface area contributed by atoms with E-state index in [1.54, 1.807) is 0 Å². The van der Waals surface area contributed by atoms with E-state index in [0.29, 0.717) is 45.4 Å². The molecule has 0 aliphatic heterocycles. The highest BCUT2D eigenvalue weighted by molar-refractivity contribution is 5.84. The molecule has 2 atom stereocenters. The molecule has 0 bridgehead atoms. The summed E-state index contributed by atoms with van der Waals surface area (Å²) in [5.74, 6) is 1.06. The second-order valence-electron chi connectivity index (χ2n) is 11.3. The molecule has 0 saturated heterocycles. The van der Waals surface area contributed by atoms with Gasteiger partial charge in [-0.3, -0.25) is 34.6 Å². The van der Waals surface area contributed by atoms with Crippen molar-refractivity contribution in [3.8, 4) is 0 Å². The molecule has 21 nitrogen and oxygen atoms in total. The van der Waals surface area contributed by atoms with Crippen molar-refractivity contribution in [1.82, 2.24) is 32.0 Å². The molecular weight excluding hydrogens is 692 g/mol. The second kappa shape index (κ2) is 32.9. The average Bonchev–Trinajstić information content (AvgIpc) is 3.10. The van der Waals surface area contributed by atoms with Crippen LogP contribution in [0.3, 0.4) is 0 Å². The molecule has 300 valence electrons. The summed E-state index contributed by atoms with van der Waals surface area (Å²) in [5.41, 5.74) is 7.53. The highest BCUT2D eigenvalue weighted by Gasteiger charge is 2.21. The molecule has 0 aliphatic carbocycles. The molecule has 0 rings (SSSR count).